The van der Waals surface area contributed by atoms with Crippen LogP contribution in [-0.4, -0.2) is 187 Å². The molecule has 2 saturated heterocycles. The maximum atomic E-state index is 12.6. The number of imidazole rings is 3. The molecule has 98 heavy (non-hydrogen) atoms. The number of aromatic amines is 3. The van der Waals surface area contributed by atoms with Crippen LogP contribution in [0, 0.1) is 0 Å². The van der Waals surface area contributed by atoms with Crippen molar-refractivity contribution in [3.63, 3.8) is 0 Å². The molecule has 14 N–H and O–H groups in total. The van der Waals surface area contributed by atoms with Gasteiger partial charge in [0.1, 0.15) is 42.2 Å². The number of nitrogens with zero attached hydrogens (tertiary/aromatic N) is 12. The van der Waals surface area contributed by atoms with E-state index in [0.717, 1.165) is 60.5 Å². The van der Waals surface area contributed by atoms with Gasteiger partial charge in [0, 0.05) is 72.8 Å². The van der Waals surface area contributed by atoms with E-state index in [-0.39, 0.29) is 59.2 Å². The summed E-state index contributed by atoms with van der Waals surface area (Å²) in [7, 11) is 6.96. The predicted octanol–water partition coefficient (Wildman–Crippen LogP) is 3.35. The summed E-state index contributed by atoms with van der Waals surface area (Å²) in [6.07, 6.45) is 8.13. The van der Waals surface area contributed by atoms with Crippen LogP contribution in [0.2, 0.25) is 0 Å². The van der Waals surface area contributed by atoms with Gasteiger partial charge in [-0.3, -0.25) is 13.7 Å². The van der Waals surface area contributed by atoms with Crippen LogP contribution in [0.5, 0.6) is 18.0 Å². The molecule has 0 spiro atoms. The van der Waals surface area contributed by atoms with Gasteiger partial charge in [-0.1, -0.05) is 72.8 Å². The Morgan fingerprint density at radius 3 is 1.24 bits per heavy atom. The van der Waals surface area contributed by atoms with Crippen LogP contribution >= 0.6 is 0 Å². The highest BCUT2D eigenvalue weighted by atomic mass is 16.5. The minimum atomic E-state index is -0.317. The second-order valence-electron chi connectivity index (χ2n) is 24.0. The number of rotatable bonds is 32. The van der Waals surface area contributed by atoms with E-state index >= 15 is 0 Å². The third-order valence-electron chi connectivity index (χ3n) is 16.8. The highest BCUT2D eigenvalue weighted by Gasteiger charge is 2.22. The Morgan fingerprint density at radius 1 is 0.469 bits per heavy atom. The molecule has 0 bridgehead atoms. The van der Waals surface area contributed by atoms with Gasteiger partial charge in [-0.25, -0.2) is 19.4 Å². The number of nitrogen functional groups attached to an aromatic ring is 4. The number of fused-ring (bicyclic) bond motifs is 3. The SMILES string of the molecule is COCCOc1nc(N)c2[nH]c(=O)n(Cc3ccc(CNCCC4CCCN4C)cc3)c2n1.COCCOc1nc(N)c2[nH]c(=O)n(Cc3ccc(CNCCN4CCCC4)cc3)c2n1.COCCOc1nc(N)c2[nH]c(=O)n(Cc3ccc(CNCc4ccnc(N)c4)cc3)c2n1. The van der Waals surface area contributed by atoms with Gasteiger partial charge in [-0.05, 0) is 116 Å². The molecular weight excluding hydrogens is 1260 g/mol. The normalized spacial score (nSPS) is 14.1. The van der Waals surface area contributed by atoms with Gasteiger partial charge in [0.15, 0.2) is 34.4 Å². The van der Waals surface area contributed by atoms with E-state index in [1.165, 1.54) is 67.4 Å². The first-order chi connectivity index (χ1) is 47.7. The van der Waals surface area contributed by atoms with Crippen molar-refractivity contribution in [1.29, 1.82) is 0 Å². The number of nitrogens with one attached hydrogen (secondary N) is 6. The van der Waals surface area contributed by atoms with Gasteiger partial charge < -0.3 is 92.1 Å². The zero-order valence-electron chi connectivity index (χ0n) is 56.1. The number of aromatic nitrogens is 13. The Morgan fingerprint density at radius 2 is 0.857 bits per heavy atom. The number of likely N-dealkylation sites (tertiary alicyclic amines) is 2. The lowest BCUT2D eigenvalue weighted by atomic mass is 10.1. The molecule has 31 heteroatoms. The molecule has 9 heterocycles. The summed E-state index contributed by atoms with van der Waals surface area (Å²) in [5.41, 5.74) is 32.8. The maximum absolute atomic E-state index is 12.6. The molecule has 522 valence electrons. The second kappa shape index (κ2) is 35.4. The average molecular weight is 1350 g/mol. The highest BCUT2D eigenvalue weighted by Crippen LogP contribution is 2.23. The van der Waals surface area contributed by atoms with E-state index in [1.54, 1.807) is 36.7 Å². The Kier molecular flexibility index (Phi) is 25.6. The van der Waals surface area contributed by atoms with Crippen LogP contribution in [0.1, 0.15) is 71.0 Å². The first-order valence-corrected chi connectivity index (χ1v) is 32.8. The molecule has 2 aliphatic rings. The van der Waals surface area contributed by atoms with Gasteiger partial charge in [0.2, 0.25) is 0 Å². The summed E-state index contributed by atoms with van der Waals surface area (Å²) in [4.78, 5) is 80.2. The molecule has 2 fully saturated rings. The molecule has 10 aromatic rings. The fraction of sp³-hybridized carbons (Fsp3) is 0.433. The van der Waals surface area contributed by atoms with Crippen LogP contribution in [0.3, 0.4) is 0 Å². The quantitative estimate of drug-likeness (QED) is 0.0270. The number of H-pyrrole nitrogens is 3. The number of benzene rings is 3. The zero-order valence-corrected chi connectivity index (χ0v) is 56.1. The van der Waals surface area contributed by atoms with Crippen molar-refractivity contribution in [3.8, 4) is 18.0 Å². The van der Waals surface area contributed by atoms with Gasteiger partial charge in [-0.2, -0.15) is 29.9 Å². The van der Waals surface area contributed by atoms with Crippen LogP contribution in [-0.2, 0) is 60.0 Å². The number of ether oxygens (including phenoxy) is 6. The summed E-state index contributed by atoms with van der Waals surface area (Å²) < 4.78 is 35.9. The fourth-order valence-electron chi connectivity index (χ4n) is 11.5. The van der Waals surface area contributed by atoms with E-state index < -0.39 is 0 Å². The predicted molar refractivity (Wildman–Crippen MR) is 375 cm³/mol. The molecule has 1 unspecified atom stereocenters. The Hall–Kier alpha value is -9.86. The molecule has 31 nitrogen and oxygen atoms in total. The van der Waals surface area contributed by atoms with Crippen LogP contribution in [0.15, 0.2) is 106 Å². The third kappa shape index (κ3) is 19.7. The second-order valence-corrected chi connectivity index (χ2v) is 24.0. The molecule has 12 rings (SSSR count). The van der Waals surface area contributed by atoms with E-state index in [0.29, 0.717) is 111 Å². The highest BCUT2D eigenvalue weighted by molar-refractivity contribution is 5.83. The Bertz CT molecular complexity index is 4340. The standard InChI is InChI=1S/C23H33N7O3.C22H26N8O3.C22H31N7O3/c1-29-11-3-4-18(29)9-10-25-14-16-5-7-17(8-6-16)15-30-21-19(26-23(30)31)20(24)27-22(28-21)33-13-12-32-2;1-32-8-9-33-21-28-19(24)18-20(29-21)30(22(31)27-18)13-15-4-2-14(3-5-15)11-25-12-16-6-7-26-17(23)10-16;1-31-12-13-32-21-26-19(23)18-20(27-21)29(22(30)25-18)15-17-6-4-16(5-7-17)14-24-8-11-28-9-2-3-10-28/h5-8,18,25H,3-4,9-15H2,1-2H3,(H,26,31)(H2,24,27,28);2-7,10,25H,8-9,11-13H2,1H3,(H2,23,26)(H,27,31)(H2,24,28,29);4-7,24H,2-3,8-15H2,1H3,(H,25,30)(H2,23,26,27). The van der Waals surface area contributed by atoms with Gasteiger partial charge in [0.05, 0.1) is 39.5 Å². The van der Waals surface area contributed by atoms with Crippen LogP contribution < -0.4 is 70.2 Å². The topological polar surface area (TPSA) is 406 Å². The largest absolute Gasteiger partial charge is 0.461 e. The van der Waals surface area contributed by atoms with E-state index in [4.69, 9.17) is 51.4 Å². The van der Waals surface area contributed by atoms with E-state index in [1.807, 2.05) is 60.7 Å². The monoisotopic (exact) mass is 1350 g/mol. The lowest BCUT2D eigenvalue weighted by Gasteiger charge is -2.19. The third-order valence-corrected chi connectivity index (χ3v) is 16.8. The van der Waals surface area contributed by atoms with Crippen molar-refractivity contribution in [2.45, 2.75) is 84.0 Å². The van der Waals surface area contributed by atoms with E-state index in [9.17, 15) is 14.4 Å². The number of nitrogens with two attached hydrogens (primary N) is 4. The molecule has 3 aromatic carbocycles. The van der Waals surface area contributed by atoms with Gasteiger partial charge in [0.25, 0.3) is 0 Å². The van der Waals surface area contributed by atoms with Gasteiger partial charge >= 0.3 is 35.1 Å². The molecule has 7 aromatic heterocycles. The van der Waals surface area contributed by atoms with Crippen molar-refractivity contribution >= 4 is 56.8 Å². The van der Waals surface area contributed by atoms with Crippen LogP contribution in [0.4, 0.5) is 23.3 Å². The van der Waals surface area contributed by atoms with Gasteiger partial charge in [-0.15, -0.1) is 0 Å². The van der Waals surface area contributed by atoms with Crippen LogP contribution in [0.25, 0.3) is 33.5 Å². The summed E-state index contributed by atoms with van der Waals surface area (Å²) in [6.45, 7) is 12.9. The van der Waals surface area contributed by atoms with Crippen molar-refractivity contribution < 1.29 is 28.4 Å². The average Bonchev–Trinajstić information content (AvgIpc) is 1.65. The minimum Gasteiger partial charge on any atom is -0.461 e. The first-order valence-electron chi connectivity index (χ1n) is 32.8. The first kappa shape index (κ1) is 70.9. The lowest BCUT2D eigenvalue weighted by Crippen LogP contribution is -2.29. The molecule has 0 amide bonds. The Labute approximate surface area is 566 Å². The Balaban J connectivity index is 0.000000159. The molecular formula is C67H90N22O9. The van der Waals surface area contributed by atoms with Crippen molar-refractivity contribution in [3.05, 3.63) is 162 Å². The lowest BCUT2D eigenvalue weighted by molar-refractivity contribution is 0.141. The molecule has 1 atom stereocenters. The molecule has 0 radical (unpaired) electrons. The van der Waals surface area contributed by atoms with E-state index in [2.05, 4.69) is 107 Å². The fourth-order valence-corrected chi connectivity index (χ4v) is 11.5. The summed E-state index contributed by atoms with van der Waals surface area (Å²) in [5, 5.41) is 10.4. The minimum absolute atomic E-state index is 0.0992. The molecule has 0 saturated carbocycles. The number of methoxy groups -OCH3 is 3. The number of hydrogen-bond donors (Lipinski definition) is 10. The summed E-state index contributed by atoms with van der Waals surface area (Å²) in [5.74, 6) is 1.01. The maximum Gasteiger partial charge on any atom is 0.328 e. The van der Waals surface area contributed by atoms with Crippen molar-refractivity contribution in [1.82, 2.24) is 89.3 Å². The molecule has 0 aliphatic carbocycles. The number of pyridine rings is 1. The summed E-state index contributed by atoms with van der Waals surface area (Å²) >= 11 is 0. The smallest absolute Gasteiger partial charge is 0.328 e. The molecule has 2 aliphatic heterocycles. The summed E-state index contributed by atoms with van der Waals surface area (Å²) in [6, 6.07) is 29.3. The number of anilines is 4. The van der Waals surface area contributed by atoms with Crippen molar-refractivity contribution in [2.24, 2.45) is 0 Å². The number of hydrogen-bond acceptors (Lipinski definition) is 25. The zero-order chi connectivity index (χ0) is 68.8. The van der Waals surface area contributed by atoms with Crippen molar-refractivity contribution in [2.75, 3.05) is 130 Å².